The van der Waals surface area contributed by atoms with Crippen LogP contribution in [0.1, 0.15) is 73.9 Å². The van der Waals surface area contributed by atoms with E-state index in [1.54, 1.807) is 23.5 Å². The molecule has 0 radical (unpaired) electrons. The number of carbonyl (C=O) groups excluding carboxylic acids is 2. The summed E-state index contributed by atoms with van der Waals surface area (Å²) in [5, 5.41) is 12.7. The van der Waals surface area contributed by atoms with Crippen molar-refractivity contribution in [1.82, 2.24) is 20.2 Å². The van der Waals surface area contributed by atoms with Crippen LogP contribution >= 0.6 is 0 Å². The van der Waals surface area contributed by atoms with Crippen LogP contribution in [0, 0.1) is 19.8 Å². The molecule has 4 rings (SSSR count). The van der Waals surface area contributed by atoms with Gasteiger partial charge in [0.1, 0.15) is 6.04 Å². The fraction of sp³-hybridized carbons (Fsp3) is 0.406. The molecule has 3 heterocycles. The first-order chi connectivity index (χ1) is 19.1. The normalized spacial score (nSPS) is 17.0. The lowest BCUT2D eigenvalue weighted by Gasteiger charge is -2.38. The molecule has 8 nitrogen and oxygen atoms in total. The number of piperidine rings is 1. The molecule has 8 heteroatoms. The van der Waals surface area contributed by atoms with Crippen LogP contribution in [-0.2, 0) is 14.4 Å². The molecule has 1 unspecified atom stereocenters. The van der Waals surface area contributed by atoms with E-state index in [9.17, 15) is 19.5 Å². The first kappa shape index (κ1) is 28.9. The molecular formula is C32H38N4O4. The fourth-order valence-corrected chi connectivity index (χ4v) is 5.60. The molecule has 1 aliphatic heterocycles. The average molecular weight is 543 g/mol. The highest BCUT2D eigenvalue weighted by molar-refractivity contribution is 5.89. The van der Waals surface area contributed by atoms with Crippen LogP contribution in [0.25, 0.3) is 11.1 Å². The van der Waals surface area contributed by atoms with Gasteiger partial charge >= 0.3 is 5.97 Å². The summed E-state index contributed by atoms with van der Waals surface area (Å²) in [5.74, 6) is -1.28. The third-order valence-corrected chi connectivity index (χ3v) is 7.55. The van der Waals surface area contributed by atoms with Gasteiger partial charge in [-0.25, -0.2) is 0 Å². The summed E-state index contributed by atoms with van der Waals surface area (Å²) in [6, 6.07) is 12.2. The molecule has 40 heavy (non-hydrogen) atoms. The smallest absolute Gasteiger partial charge is 0.305 e. The molecule has 1 saturated heterocycles. The monoisotopic (exact) mass is 542 g/mol. The Kier molecular flexibility index (Phi) is 9.30. The first-order valence-corrected chi connectivity index (χ1v) is 13.9. The molecule has 1 aliphatic rings. The van der Waals surface area contributed by atoms with E-state index < -0.39 is 18.1 Å². The number of hydrogen-bond acceptors (Lipinski definition) is 5. The standard InChI is InChI=1S/C32H38N4O4/c1-20(2)14-28(36-19-23(11-12-29(36)37)26-10-5-6-13-34-26)32(40)35-27(16-30(38)39)24-15-25(18-33-17-24)31-21(3)8-7-9-22(31)4/h5-10,13,15,17-18,20,23,27-28H,11-12,14,16,19H2,1-4H3,(H,35,40)(H,38,39)/t23?,27-,28-/m0/s1. The largest absolute Gasteiger partial charge is 0.481 e. The van der Waals surface area contributed by atoms with Crippen LogP contribution < -0.4 is 5.32 Å². The van der Waals surface area contributed by atoms with Gasteiger partial charge in [0.05, 0.1) is 12.5 Å². The summed E-state index contributed by atoms with van der Waals surface area (Å²) in [6.45, 7) is 8.47. The second-order valence-corrected chi connectivity index (χ2v) is 11.1. The fourth-order valence-electron chi connectivity index (χ4n) is 5.60. The van der Waals surface area contributed by atoms with Gasteiger partial charge in [-0.1, -0.05) is 38.1 Å². The lowest BCUT2D eigenvalue weighted by Crippen LogP contribution is -2.53. The maximum absolute atomic E-state index is 13.9. The Morgan fingerprint density at radius 1 is 1.10 bits per heavy atom. The van der Waals surface area contributed by atoms with E-state index in [1.807, 2.05) is 70.2 Å². The van der Waals surface area contributed by atoms with Crippen molar-refractivity contribution in [2.75, 3.05) is 6.54 Å². The first-order valence-electron chi connectivity index (χ1n) is 13.9. The minimum atomic E-state index is -1.03. The summed E-state index contributed by atoms with van der Waals surface area (Å²) in [6.07, 6.45) is 6.28. The number of carboxylic acid groups (broad SMARTS) is 1. The summed E-state index contributed by atoms with van der Waals surface area (Å²) < 4.78 is 0. The molecule has 0 saturated carbocycles. The SMILES string of the molecule is Cc1cccc(C)c1-c1cncc([C@H](CC(=O)O)NC(=O)[C@H](CC(C)C)N2CC(c3ccccn3)CCC2=O)c1. The average Bonchev–Trinajstić information content (AvgIpc) is 2.92. The van der Waals surface area contributed by atoms with Gasteiger partial charge in [-0.05, 0) is 73.1 Å². The van der Waals surface area contributed by atoms with Gasteiger partial charge in [0.2, 0.25) is 11.8 Å². The van der Waals surface area contributed by atoms with E-state index in [1.165, 1.54) is 0 Å². The van der Waals surface area contributed by atoms with Crippen molar-refractivity contribution >= 4 is 17.8 Å². The molecule has 2 aromatic heterocycles. The molecule has 2 amide bonds. The highest BCUT2D eigenvalue weighted by Gasteiger charge is 2.37. The van der Waals surface area contributed by atoms with Crippen LogP contribution in [0.15, 0.2) is 61.1 Å². The van der Waals surface area contributed by atoms with Crippen molar-refractivity contribution in [2.45, 2.75) is 71.4 Å². The third-order valence-electron chi connectivity index (χ3n) is 7.55. The van der Waals surface area contributed by atoms with Gasteiger partial charge in [-0.3, -0.25) is 24.4 Å². The number of pyridine rings is 2. The maximum Gasteiger partial charge on any atom is 0.305 e. The zero-order valence-electron chi connectivity index (χ0n) is 23.6. The number of carboxylic acids is 1. The van der Waals surface area contributed by atoms with Gasteiger partial charge in [0, 0.05) is 48.7 Å². The zero-order chi connectivity index (χ0) is 28.8. The Labute approximate surface area is 235 Å². The number of aryl methyl sites for hydroxylation is 2. The quantitative estimate of drug-likeness (QED) is 0.364. The van der Waals surface area contributed by atoms with Crippen LogP contribution in [0.3, 0.4) is 0 Å². The van der Waals surface area contributed by atoms with E-state index >= 15 is 0 Å². The zero-order valence-corrected chi connectivity index (χ0v) is 23.6. The van der Waals surface area contributed by atoms with Gasteiger partial charge in [-0.2, -0.15) is 0 Å². The second-order valence-electron chi connectivity index (χ2n) is 11.1. The summed E-state index contributed by atoms with van der Waals surface area (Å²) >= 11 is 0. The number of benzene rings is 1. The predicted molar refractivity (Wildman–Crippen MR) is 153 cm³/mol. The topological polar surface area (TPSA) is 112 Å². The highest BCUT2D eigenvalue weighted by Crippen LogP contribution is 2.31. The summed E-state index contributed by atoms with van der Waals surface area (Å²) in [7, 11) is 0. The summed E-state index contributed by atoms with van der Waals surface area (Å²) in [5.41, 5.74) is 5.58. The Balaban J connectivity index is 1.62. The number of carbonyl (C=O) groups is 3. The highest BCUT2D eigenvalue weighted by atomic mass is 16.4. The van der Waals surface area contributed by atoms with E-state index in [0.29, 0.717) is 31.4 Å². The number of hydrogen-bond donors (Lipinski definition) is 2. The number of aliphatic carboxylic acids is 1. The van der Waals surface area contributed by atoms with E-state index in [-0.39, 0.29) is 30.1 Å². The number of rotatable bonds is 10. The second kappa shape index (κ2) is 12.9. The van der Waals surface area contributed by atoms with Gasteiger partial charge in [-0.15, -0.1) is 0 Å². The van der Waals surface area contributed by atoms with Gasteiger partial charge in [0.15, 0.2) is 0 Å². The van der Waals surface area contributed by atoms with Crippen molar-refractivity contribution < 1.29 is 19.5 Å². The molecule has 1 aromatic carbocycles. The number of nitrogens with zero attached hydrogens (tertiary/aromatic N) is 3. The van der Waals surface area contributed by atoms with Gasteiger partial charge < -0.3 is 15.3 Å². The maximum atomic E-state index is 13.9. The van der Waals surface area contributed by atoms with Crippen molar-refractivity contribution in [3.8, 4) is 11.1 Å². The lowest BCUT2D eigenvalue weighted by molar-refractivity contribution is -0.144. The predicted octanol–water partition coefficient (Wildman–Crippen LogP) is 5.21. The van der Waals surface area contributed by atoms with Crippen LogP contribution in [0.2, 0.25) is 0 Å². The Morgan fingerprint density at radius 2 is 1.85 bits per heavy atom. The molecule has 210 valence electrons. The number of likely N-dealkylation sites (tertiary alicyclic amines) is 1. The molecule has 0 bridgehead atoms. The van der Waals surface area contributed by atoms with Crippen molar-refractivity contribution in [1.29, 1.82) is 0 Å². The van der Waals surface area contributed by atoms with Gasteiger partial charge in [0.25, 0.3) is 0 Å². The Bertz CT molecular complexity index is 1340. The minimum absolute atomic E-state index is 0.0365. The molecule has 0 aliphatic carbocycles. The van der Waals surface area contributed by atoms with Crippen LogP contribution in [0.5, 0.6) is 0 Å². The number of aromatic nitrogens is 2. The van der Waals surface area contributed by atoms with Crippen molar-refractivity contribution in [3.63, 3.8) is 0 Å². The number of nitrogens with one attached hydrogen (secondary N) is 1. The Hall–Kier alpha value is -4.07. The molecule has 1 fully saturated rings. The minimum Gasteiger partial charge on any atom is -0.481 e. The third kappa shape index (κ3) is 6.92. The Morgan fingerprint density at radius 3 is 2.50 bits per heavy atom. The molecule has 2 N–H and O–H groups in total. The number of amides is 2. The van der Waals surface area contributed by atoms with E-state index in [2.05, 4.69) is 15.3 Å². The van der Waals surface area contributed by atoms with E-state index in [4.69, 9.17) is 0 Å². The lowest BCUT2D eigenvalue weighted by atomic mass is 9.90. The molecule has 0 spiro atoms. The van der Waals surface area contributed by atoms with Crippen LogP contribution in [0.4, 0.5) is 0 Å². The van der Waals surface area contributed by atoms with Crippen molar-refractivity contribution in [3.05, 3.63) is 83.4 Å². The molecular weight excluding hydrogens is 504 g/mol. The van der Waals surface area contributed by atoms with Crippen molar-refractivity contribution in [2.24, 2.45) is 5.92 Å². The molecule has 3 aromatic rings. The van der Waals surface area contributed by atoms with Crippen LogP contribution in [-0.4, -0.2) is 50.3 Å². The summed E-state index contributed by atoms with van der Waals surface area (Å²) in [4.78, 5) is 49.4. The molecule has 3 atom stereocenters. The van der Waals surface area contributed by atoms with E-state index in [0.717, 1.165) is 27.9 Å².